The van der Waals surface area contributed by atoms with E-state index in [-0.39, 0.29) is 23.7 Å². The van der Waals surface area contributed by atoms with Crippen molar-refractivity contribution in [3.63, 3.8) is 0 Å². The van der Waals surface area contributed by atoms with Crippen molar-refractivity contribution in [1.29, 1.82) is 0 Å². The van der Waals surface area contributed by atoms with Crippen molar-refractivity contribution in [3.8, 4) is 0 Å². The minimum Gasteiger partial charge on any atom is -0.325 e. The van der Waals surface area contributed by atoms with Crippen LogP contribution in [0.2, 0.25) is 0 Å². The summed E-state index contributed by atoms with van der Waals surface area (Å²) < 4.78 is 77.0. The Bertz CT molecular complexity index is 594. The summed E-state index contributed by atoms with van der Waals surface area (Å²) in [6, 6.07) is 1.46. The summed E-state index contributed by atoms with van der Waals surface area (Å²) in [5.41, 5.74) is 3.42. The van der Waals surface area contributed by atoms with Gasteiger partial charge in [-0.15, -0.1) is 0 Å². The fraction of sp³-hybridized carbons (Fsp3) is 0.438. The average molecular weight is 352 g/mol. The second kappa shape index (κ2) is 7.83. The molecule has 0 fully saturated rings. The Morgan fingerprint density at radius 2 is 1.54 bits per heavy atom. The average Bonchev–Trinajstić information content (AvgIpc) is 2.48. The van der Waals surface area contributed by atoms with Gasteiger partial charge in [0.15, 0.2) is 0 Å². The highest BCUT2D eigenvalue weighted by Crippen LogP contribution is 2.37. The zero-order chi connectivity index (χ0) is 18.5. The van der Waals surface area contributed by atoms with E-state index in [1.165, 1.54) is 13.1 Å². The van der Waals surface area contributed by atoms with Gasteiger partial charge in [0, 0.05) is 18.5 Å². The van der Waals surface area contributed by atoms with Crippen LogP contribution in [0.5, 0.6) is 0 Å². The molecule has 0 bridgehead atoms. The maximum atomic E-state index is 12.8. The number of hydrogen-bond acceptors (Lipinski definition) is 2. The van der Waals surface area contributed by atoms with Crippen molar-refractivity contribution in [3.05, 3.63) is 41.1 Å². The highest BCUT2D eigenvalue weighted by Gasteiger charge is 2.36. The van der Waals surface area contributed by atoms with Gasteiger partial charge in [0.05, 0.1) is 11.1 Å². The van der Waals surface area contributed by atoms with E-state index in [0.29, 0.717) is 24.3 Å². The number of alkyl halides is 6. The van der Waals surface area contributed by atoms with Crippen LogP contribution in [0.4, 0.5) is 26.3 Å². The van der Waals surface area contributed by atoms with Crippen molar-refractivity contribution < 1.29 is 26.3 Å². The van der Waals surface area contributed by atoms with Gasteiger partial charge in [0.1, 0.15) is 0 Å². The minimum absolute atomic E-state index is 0.0996. The van der Waals surface area contributed by atoms with Crippen molar-refractivity contribution in [2.45, 2.75) is 39.0 Å². The molecule has 24 heavy (non-hydrogen) atoms. The van der Waals surface area contributed by atoms with Crippen LogP contribution in [0.25, 0.3) is 5.57 Å². The van der Waals surface area contributed by atoms with Gasteiger partial charge in [-0.2, -0.15) is 26.3 Å². The van der Waals surface area contributed by atoms with Crippen molar-refractivity contribution in [1.82, 2.24) is 0 Å². The van der Waals surface area contributed by atoms with Crippen LogP contribution in [0.3, 0.4) is 0 Å². The number of halogens is 6. The zero-order valence-corrected chi connectivity index (χ0v) is 13.2. The van der Waals surface area contributed by atoms with Gasteiger partial charge in [0.25, 0.3) is 0 Å². The van der Waals surface area contributed by atoms with Gasteiger partial charge < -0.3 is 5.73 Å². The lowest BCUT2D eigenvalue weighted by Gasteiger charge is -2.14. The fourth-order valence-corrected chi connectivity index (χ4v) is 1.95. The molecule has 1 aromatic carbocycles. The third kappa shape index (κ3) is 5.67. The molecular formula is C16H18F6N2. The summed E-state index contributed by atoms with van der Waals surface area (Å²) in [5, 5.41) is 0. The van der Waals surface area contributed by atoms with Crippen molar-refractivity contribution in [2.75, 3.05) is 6.54 Å². The van der Waals surface area contributed by atoms with E-state index in [9.17, 15) is 26.3 Å². The first-order valence-electron chi connectivity index (χ1n) is 7.21. The molecule has 0 saturated heterocycles. The van der Waals surface area contributed by atoms with Crippen LogP contribution in [-0.4, -0.2) is 12.3 Å². The molecule has 0 saturated carbocycles. The van der Waals surface area contributed by atoms with Crippen LogP contribution in [-0.2, 0) is 12.4 Å². The molecule has 2 nitrogen and oxygen atoms in total. The topological polar surface area (TPSA) is 38.4 Å². The van der Waals surface area contributed by atoms with Gasteiger partial charge >= 0.3 is 12.4 Å². The van der Waals surface area contributed by atoms with Crippen LogP contribution in [0.1, 0.15) is 43.4 Å². The van der Waals surface area contributed by atoms with Crippen LogP contribution in [0, 0.1) is 0 Å². The zero-order valence-electron chi connectivity index (χ0n) is 13.2. The Kier molecular flexibility index (Phi) is 6.59. The van der Waals surface area contributed by atoms with E-state index < -0.39 is 23.5 Å². The first-order chi connectivity index (χ1) is 11.0. The molecule has 0 heterocycles. The smallest absolute Gasteiger partial charge is 0.325 e. The summed E-state index contributed by atoms with van der Waals surface area (Å²) in [4.78, 5) is 4.06. The molecule has 134 valence electrons. The van der Waals surface area contributed by atoms with Crippen molar-refractivity contribution >= 4 is 11.3 Å². The summed E-state index contributed by atoms with van der Waals surface area (Å²) in [6.45, 7) is 3.48. The lowest BCUT2D eigenvalue weighted by Crippen LogP contribution is -2.13. The molecule has 0 radical (unpaired) electrons. The van der Waals surface area contributed by atoms with Crippen LogP contribution in [0.15, 0.2) is 29.4 Å². The Morgan fingerprint density at radius 3 is 1.92 bits per heavy atom. The molecule has 1 aromatic rings. The van der Waals surface area contributed by atoms with Crippen molar-refractivity contribution in [2.24, 2.45) is 10.7 Å². The molecule has 2 N–H and O–H groups in total. The van der Waals surface area contributed by atoms with E-state index in [1.807, 2.05) is 6.92 Å². The van der Waals surface area contributed by atoms with E-state index >= 15 is 0 Å². The first kappa shape index (κ1) is 20.2. The molecule has 8 heteroatoms. The van der Waals surface area contributed by atoms with E-state index in [0.717, 1.165) is 6.42 Å². The van der Waals surface area contributed by atoms with Crippen LogP contribution >= 0.6 is 0 Å². The highest BCUT2D eigenvalue weighted by molar-refractivity contribution is 5.87. The highest BCUT2D eigenvalue weighted by atomic mass is 19.4. The van der Waals surface area contributed by atoms with Crippen LogP contribution < -0.4 is 5.73 Å². The number of rotatable bonds is 5. The molecule has 0 atom stereocenters. The monoisotopic (exact) mass is 352 g/mol. The summed E-state index contributed by atoms with van der Waals surface area (Å²) >= 11 is 0. The molecular weight excluding hydrogens is 334 g/mol. The lowest BCUT2D eigenvalue weighted by atomic mass is 10.0. The molecule has 0 aliphatic rings. The number of nitrogens with zero attached hydrogens (tertiary/aromatic N) is 1. The van der Waals surface area contributed by atoms with Gasteiger partial charge in [-0.1, -0.05) is 13.3 Å². The maximum Gasteiger partial charge on any atom is 0.416 e. The fourth-order valence-electron chi connectivity index (χ4n) is 1.95. The standard InChI is InChI=1S/C16H18F6N2/c1-3-4-14(8-23)24-9-10(2)11-5-12(15(17,18)19)7-13(6-11)16(20,21)22/h5-7,9H,3-4,8,23H2,1-2H3/b10-9+,24-14?. The number of aliphatic imine (C=N–C) groups is 1. The quantitative estimate of drug-likeness (QED) is 0.568. The lowest BCUT2D eigenvalue weighted by molar-refractivity contribution is -0.143. The third-order valence-electron chi connectivity index (χ3n) is 3.26. The molecule has 0 aromatic heterocycles. The van der Waals surface area contributed by atoms with E-state index in [4.69, 9.17) is 5.73 Å². The third-order valence-corrected chi connectivity index (χ3v) is 3.26. The predicted molar refractivity (Wildman–Crippen MR) is 81.5 cm³/mol. The van der Waals surface area contributed by atoms with Gasteiger partial charge in [-0.05, 0) is 42.7 Å². The van der Waals surface area contributed by atoms with E-state index in [1.54, 1.807) is 0 Å². The number of allylic oxidation sites excluding steroid dienone is 1. The predicted octanol–water partition coefficient (Wildman–Crippen LogP) is 5.28. The Morgan fingerprint density at radius 1 is 1.04 bits per heavy atom. The largest absolute Gasteiger partial charge is 0.416 e. The van der Waals surface area contributed by atoms with Gasteiger partial charge in [0.2, 0.25) is 0 Å². The first-order valence-corrected chi connectivity index (χ1v) is 7.21. The van der Waals surface area contributed by atoms with Gasteiger partial charge in [-0.25, -0.2) is 0 Å². The Labute approximate surface area is 136 Å². The maximum absolute atomic E-state index is 12.8. The molecule has 0 amide bonds. The number of benzene rings is 1. The summed E-state index contributed by atoms with van der Waals surface area (Å²) in [7, 11) is 0. The van der Waals surface area contributed by atoms with Gasteiger partial charge in [-0.3, -0.25) is 4.99 Å². The Balaban J connectivity index is 3.36. The SMILES string of the molecule is CCCC(CN)=N/C=C(\C)c1cc(C(F)(F)F)cc(C(F)(F)F)c1. The minimum atomic E-state index is -4.87. The molecule has 0 aliphatic carbocycles. The summed E-state index contributed by atoms with van der Waals surface area (Å²) in [5.74, 6) is 0. The molecule has 0 aliphatic heterocycles. The summed E-state index contributed by atoms with van der Waals surface area (Å²) in [6.07, 6.45) is -7.11. The number of nitrogens with two attached hydrogens (primary N) is 1. The second-order valence-corrected chi connectivity index (χ2v) is 5.26. The molecule has 1 rings (SSSR count). The molecule has 0 unspecified atom stereocenters. The normalized spacial score (nSPS) is 14.2. The molecule has 0 spiro atoms. The number of hydrogen-bond donors (Lipinski definition) is 1. The van der Waals surface area contributed by atoms with E-state index in [2.05, 4.69) is 4.99 Å². The second-order valence-electron chi connectivity index (χ2n) is 5.26. The Hall–Kier alpha value is -1.83.